The minimum atomic E-state index is -1.18. The molecular weight excluding hydrogens is 364 g/mol. The largest absolute Gasteiger partial charge is 0.507 e. The lowest BCUT2D eigenvalue weighted by Gasteiger charge is -2.36. The van der Waals surface area contributed by atoms with Crippen LogP contribution in [0, 0.1) is 0 Å². The molecule has 1 saturated heterocycles. The number of benzene rings is 2. The van der Waals surface area contributed by atoms with E-state index in [0.717, 1.165) is 0 Å². The van der Waals surface area contributed by atoms with Gasteiger partial charge in [-0.2, -0.15) is 0 Å². The number of aromatic carboxylic acids is 1. The van der Waals surface area contributed by atoms with Crippen molar-refractivity contribution in [2.75, 3.05) is 44.8 Å². The molecule has 0 aliphatic carbocycles. The zero-order valence-corrected chi connectivity index (χ0v) is 15.5. The van der Waals surface area contributed by atoms with Crippen molar-refractivity contribution in [1.29, 1.82) is 0 Å². The summed E-state index contributed by atoms with van der Waals surface area (Å²) in [5, 5.41) is 18.8. The van der Waals surface area contributed by atoms with Crippen LogP contribution >= 0.6 is 0 Å². The first-order valence-electron chi connectivity index (χ1n) is 8.84. The average Bonchev–Trinajstić information content (AvgIpc) is 2.72. The lowest BCUT2D eigenvalue weighted by atomic mass is 10.1. The third-order valence-electron chi connectivity index (χ3n) is 4.63. The normalized spacial score (nSPS) is 13.9. The predicted octanol–water partition coefficient (Wildman–Crippen LogP) is 1.83. The molecule has 148 valence electrons. The van der Waals surface area contributed by atoms with Gasteiger partial charge in [0.1, 0.15) is 11.3 Å². The summed E-state index contributed by atoms with van der Waals surface area (Å²) in [4.78, 5) is 27.3. The van der Waals surface area contributed by atoms with Crippen molar-refractivity contribution in [2.24, 2.45) is 0 Å². The van der Waals surface area contributed by atoms with Gasteiger partial charge < -0.3 is 29.5 Å². The summed E-state index contributed by atoms with van der Waals surface area (Å²) in [5.74, 6) is -0.480. The minimum Gasteiger partial charge on any atom is -0.507 e. The summed E-state index contributed by atoms with van der Waals surface area (Å²) in [5.41, 5.74) is 0.564. The Bertz CT molecular complexity index is 862. The number of methoxy groups -OCH3 is 1. The van der Waals surface area contributed by atoms with Crippen LogP contribution in [0.2, 0.25) is 0 Å². The second-order valence-corrected chi connectivity index (χ2v) is 6.31. The molecule has 8 heteroatoms. The molecule has 1 aliphatic rings. The first kappa shape index (κ1) is 19.3. The molecule has 2 N–H and O–H groups in total. The average molecular weight is 386 g/mol. The summed E-state index contributed by atoms with van der Waals surface area (Å²) >= 11 is 0. The molecule has 8 nitrogen and oxygen atoms in total. The smallest absolute Gasteiger partial charge is 0.339 e. The number of hydrogen-bond donors (Lipinski definition) is 2. The molecule has 0 bridgehead atoms. The lowest BCUT2D eigenvalue weighted by Crippen LogP contribution is -2.50. The number of carboxylic acids is 1. The molecule has 0 atom stereocenters. The van der Waals surface area contributed by atoms with Crippen LogP contribution < -0.4 is 14.4 Å². The molecule has 0 aromatic heterocycles. The number of ether oxygens (including phenoxy) is 2. The summed E-state index contributed by atoms with van der Waals surface area (Å²) in [6, 6.07) is 11.6. The van der Waals surface area contributed by atoms with E-state index >= 15 is 0 Å². The zero-order valence-electron chi connectivity index (χ0n) is 15.5. The fraction of sp³-hybridized carbons (Fsp3) is 0.300. The molecule has 1 amide bonds. The van der Waals surface area contributed by atoms with Gasteiger partial charge in [0.05, 0.1) is 7.11 Å². The van der Waals surface area contributed by atoms with Crippen molar-refractivity contribution in [3.8, 4) is 17.2 Å². The van der Waals surface area contributed by atoms with E-state index in [4.69, 9.17) is 14.6 Å². The van der Waals surface area contributed by atoms with Gasteiger partial charge in [-0.1, -0.05) is 12.1 Å². The van der Waals surface area contributed by atoms with Gasteiger partial charge in [0.15, 0.2) is 18.1 Å². The van der Waals surface area contributed by atoms with Crippen LogP contribution in [0.15, 0.2) is 42.5 Å². The molecule has 2 aromatic rings. The number of rotatable bonds is 6. The van der Waals surface area contributed by atoms with Crippen LogP contribution in [0.5, 0.6) is 17.2 Å². The molecule has 1 heterocycles. The maximum atomic E-state index is 12.4. The molecule has 1 fully saturated rings. The maximum Gasteiger partial charge on any atom is 0.339 e. The Labute approximate surface area is 162 Å². The Morgan fingerprint density at radius 1 is 1.04 bits per heavy atom. The van der Waals surface area contributed by atoms with Crippen LogP contribution in [0.3, 0.4) is 0 Å². The van der Waals surface area contributed by atoms with Gasteiger partial charge >= 0.3 is 5.97 Å². The van der Waals surface area contributed by atoms with E-state index in [1.165, 1.54) is 12.1 Å². The Hall–Kier alpha value is -3.42. The summed E-state index contributed by atoms with van der Waals surface area (Å²) in [7, 11) is 1.54. The van der Waals surface area contributed by atoms with Crippen molar-refractivity contribution in [3.05, 3.63) is 48.0 Å². The second kappa shape index (κ2) is 8.51. The predicted molar refractivity (Wildman–Crippen MR) is 102 cm³/mol. The van der Waals surface area contributed by atoms with Crippen LogP contribution in [-0.4, -0.2) is 66.9 Å². The van der Waals surface area contributed by atoms with E-state index in [2.05, 4.69) is 0 Å². The highest BCUT2D eigenvalue weighted by molar-refractivity contribution is 5.92. The van der Waals surface area contributed by atoms with Crippen molar-refractivity contribution in [1.82, 2.24) is 4.90 Å². The first-order valence-corrected chi connectivity index (χ1v) is 8.84. The van der Waals surface area contributed by atoms with Gasteiger partial charge in [-0.25, -0.2) is 4.79 Å². The fourth-order valence-corrected chi connectivity index (χ4v) is 3.07. The van der Waals surface area contributed by atoms with Crippen LogP contribution in [0.1, 0.15) is 10.4 Å². The third-order valence-corrected chi connectivity index (χ3v) is 4.63. The Balaban J connectivity index is 1.56. The lowest BCUT2D eigenvalue weighted by molar-refractivity contribution is -0.133. The molecule has 28 heavy (non-hydrogen) atoms. The summed E-state index contributed by atoms with van der Waals surface area (Å²) < 4.78 is 10.8. The molecule has 0 spiro atoms. The summed E-state index contributed by atoms with van der Waals surface area (Å²) in [6.45, 7) is 2.03. The monoisotopic (exact) mass is 386 g/mol. The van der Waals surface area contributed by atoms with E-state index in [1.54, 1.807) is 30.2 Å². The molecule has 0 unspecified atom stereocenters. The number of phenols is 1. The number of piperazine rings is 1. The van der Waals surface area contributed by atoms with Gasteiger partial charge in [-0.3, -0.25) is 4.79 Å². The molecule has 0 radical (unpaired) electrons. The topological polar surface area (TPSA) is 99.5 Å². The highest BCUT2D eigenvalue weighted by Gasteiger charge is 2.23. The Morgan fingerprint density at radius 2 is 1.71 bits per heavy atom. The number of anilines is 1. The van der Waals surface area contributed by atoms with Crippen molar-refractivity contribution < 1.29 is 29.3 Å². The number of hydrogen-bond acceptors (Lipinski definition) is 6. The number of nitrogens with zero attached hydrogens (tertiary/aromatic N) is 2. The molecule has 1 aliphatic heterocycles. The number of para-hydroxylation sites is 2. The van der Waals surface area contributed by atoms with Crippen molar-refractivity contribution in [3.63, 3.8) is 0 Å². The standard InChI is InChI=1S/C20H22N2O6/c1-27-17-4-2-3-5-18(17)28-13-19(24)22-10-8-21(9-11-22)14-6-7-16(23)15(12-14)20(25)26/h2-7,12,23H,8-11,13H2,1H3,(H,25,26). The van der Waals surface area contributed by atoms with Gasteiger partial charge in [0.2, 0.25) is 0 Å². The van der Waals surface area contributed by atoms with E-state index < -0.39 is 5.97 Å². The summed E-state index contributed by atoms with van der Waals surface area (Å²) in [6.07, 6.45) is 0. The number of aromatic hydroxyl groups is 1. The van der Waals surface area contributed by atoms with Crippen LogP contribution in [-0.2, 0) is 4.79 Å². The Kier molecular flexibility index (Phi) is 5.88. The molecule has 3 rings (SSSR count). The van der Waals surface area contributed by atoms with E-state index in [1.807, 2.05) is 17.0 Å². The van der Waals surface area contributed by atoms with Crippen molar-refractivity contribution >= 4 is 17.6 Å². The zero-order chi connectivity index (χ0) is 20.1. The SMILES string of the molecule is COc1ccccc1OCC(=O)N1CCN(c2ccc(O)c(C(=O)O)c2)CC1. The number of carbonyl (C=O) groups excluding carboxylic acids is 1. The number of carboxylic acid groups (broad SMARTS) is 1. The highest BCUT2D eigenvalue weighted by Crippen LogP contribution is 2.26. The number of amides is 1. The van der Waals surface area contributed by atoms with Gasteiger partial charge in [0, 0.05) is 31.9 Å². The maximum absolute atomic E-state index is 12.4. The molecular formula is C20H22N2O6. The first-order chi connectivity index (χ1) is 13.5. The van der Waals surface area contributed by atoms with Crippen LogP contribution in [0.25, 0.3) is 0 Å². The van der Waals surface area contributed by atoms with E-state index in [0.29, 0.717) is 43.4 Å². The fourth-order valence-electron chi connectivity index (χ4n) is 3.07. The third kappa shape index (κ3) is 4.28. The number of carbonyl (C=O) groups is 2. The van der Waals surface area contributed by atoms with E-state index in [-0.39, 0.29) is 23.8 Å². The molecule has 0 saturated carbocycles. The van der Waals surface area contributed by atoms with Crippen molar-refractivity contribution in [2.45, 2.75) is 0 Å². The minimum absolute atomic E-state index is 0.0806. The highest BCUT2D eigenvalue weighted by atomic mass is 16.5. The quantitative estimate of drug-likeness (QED) is 0.781. The van der Waals surface area contributed by atoms with E-state index in [9.17, 15) is 14.7 Å². The molecule has 2 aromatic carbocycles. The van der Waals surface area contributed by atoms with Gasteiger partial charge in [-0.15, -0.1) is 0 Å². The van der Waals surface area contributed by atoms with Gasteiger partial charge in [-0.05, 0) is 30.3 Å². The Morgan fingerprint density at radius 3 is 2.36 bits per heavy atom. The van der Waals surface area contributed by atoms with Gasteiger partial charge in [0.25, 0.3) is 5.91 Å². The second-order valence-electron chi connectivity index (χ2n) is 6.31. The van der Waals surface area contributed by atoms with Crippen LogP contribution in [0.4, 0.5) is 5.69 Å².